The van der Waals surface area contributed by atoms with Crippen molar-refractivity contribution >= 4 is 0 Å². The van der Waals surface area contributed by atoms with Gasteiger partial charge in [-0.05, 0) is 36.8 Å². The van der Waals surface area contributed by atoms with Gasteiger partial charge in [0.2, 0.25) is 0 Å². The van der Waals surface area contributed by atoms with Crippen molar-refractivity contribution in [2.45, 2.75) is 13.1 Å². The van der Waals surface area contributed by atoms with Crippen LogP contribution in [0, 0.1) is 11.8 Å². The number of aliphatic hydroxyl groups is 1. The van der Waals surface area contributed by atoms with E-state index in [4.69, 9.17) is 5.11 Å². The second-order valence-electron chi connectivity index (χ2n) is 3.40. The summed E-state index contributed by atoms with van der Waals surface area (Å²) >= 11 is 0. The Morgan fingerprint density at radius 3 is 2.71 bits per heavy atom. The Hall–Kier alpha value is -1.73. The van der Waals surface area contributed by atoms with Crippen LogP contribution >= 0.6 is 0 Å². The van der Waals surface area contributed by atoms with Gasteiger partial charge in [-0.15, -0.1) is 0 Å². The van der Waals surface area contributed by atoms with Crippen LogP contribution in [0.25, 0.3) is 0 Å². The van der Waals surface area contributed by atoms with Gasteiger partial charge in [0.15, 0.2) is 0 Å². The lowest BCUT2D eigenvalue weighted by Crippen LogP contribution is -2.04. The standard InChI is InChI=1S/C13H11F3O/c1-10(7-8-17)5-6-11-3-2-4-12(9-11)13(14,15)16/h2-4,7,9,17H,8H2,1H3/b10-7-. The van der Waals surface area contributed by atoms with Crippen molar-refractivity contribution in [3.63, 3.8) is 0 Å². The van der Waals surface area contributed by atoms with Crippen LogP contribution in [0.5, 0.6) is 0 Å². The average Bonchev–Trinajstić information content (AvgIpc) is 2.26. The second kappa shape index (κ2) is 5.55. The molecule has 0 aliphatic rings. The van der Waals surface area contributed by atoms with E-state index in [9.17, 15) is 13.2 Å². The molecule has 90 valence electrons. The van der Waals surface area contributed by atoms with Crippen LogP contribution in [0.1, 0.15) is 18.1 Å². The molecule has 0 amide bonds. The fraction of sp³-hybridized carbons (Fsp3) is 0.231. The lowest BCUT2D eigenvalue weighted by atomic mass is 10.1. The van der Waals surface area contributed by atoms with Gasteiger partial charge in [0.25, 0.3) is 0 Å². The number of benzene rings is 1. The first-order chi connectivity index (χ1) is 7.93. The van der Waals surface area contributed by atoms with Gasteiger partial charge in [0.05, 0.1) is 12.2 Å². The summed E-state index contributed by atoms with van der Waals surface area (Å²) in [4.78, 5) is 0. The molecule has 0 radical (unpaired) electrons. The maximum Gasteiger partial charge on any atom is 0.416 e. The fourth-order valence-electron chi connectivity index (χ4n) is 1.13. The minimum Gasteiger partial charge on any atom is -0.392 e. The van der Waals surface area contributed by atoms with Gasteiger partial charge in [0, 0.05) is 5.56 Å². The third-order valence-corrected chi connectivity index (χ3v) is 1.99. The molecule has 0 bridgehead atoms. The van der Waals surface area contributed by atoms with E-state index >= 15 is 0 Å². The van der Waals surface area contributed by atoms with Crippen LogP contribution in [0.15, 0.2) is 35.9 Å². The summed E-state index contributed by atoms with van der Waals surface area (Å²) < 4.78 is 37.2. The third kappa shape index (κ3) is 4.33. The third-order valence-electron chi connectivity index (χ3n) is 1.99. The summed E-state index contributed by atoms with van der Waals surface area (Å²) in [5.74, 6) is 5.27. The Balaban J connectivity index is 2.98. The number of hydrogen-bond acceptors (Lipinski definition) is 1. The molecule has 0 fully saturated rings. The van der Waals surface area contributed by atoms with Crippen LogP contribution in [-0.2, 0) is 6.18 Å². The normalized spacial score (nSPS) is 11.9. The summed E-state index contributed by atoms with van der Waals surface area (Å²) in [6.45, 7) is 1.54. The zero-order valence-electron chi connectivity index (χ0n) is 9.17. The van der Waals surface area contributed by atoms with Gasteiger partial charge in [-0.1, -0.05) is 17.9 Å². The molecule has 1 rings (SSSR count). The molecule has 0 saturated carbocycles. The van der Waals surface area contributed by atoms with Gasteiger partial charge in [-0.2, -0.15) is 13.2 Å². The van der Waals surface area contributed by atoms with Crippen LogP contribution < -0.4 is 0 Å². The molecule has 0 saturated heterocycles. The topological polar surface area (TPSA) is 20.2 Å². The number of hydrogen-bond donors (Lipinski definition) is 1. The summed E-state index contributed by atoms with van der Waals surface area (Å²) in [7, 11) is 0. The molecule has 0 aliphatic carbocycles. The van der Waals surface area contributed by atoms with Crippen molar-refractivity contribution in [3.05, 3.63) is 47.0 Å². The molecule has 1 N–H and O–H groups in total. The van der Waals surface area contributed by atoms with Crippen molar-refractivity contribution in [2.75, 3.05) is 6.61 Å². The molecule has 0 unspecified atom stereocenters. The second-order valence-corrected chi connectivity index (χ2v) is 3.40. The van der Waals surface area contributed by atoms with E-state index in [0.29, 0.717) is 11.1 Å². The van der Waals surface area contributed by atoms with Gasteiger partial charge in [0.1, 0.15) is 0 Å². The maximum absolute atomic E-state index is 12.4. The molecule has 0 aromatic heterocycles. The highest BCUT2D eigenvalue weighted by Gasteiger charge is 2.30. The molecule has 1 nitrogen and oxygen atoms in total. The SMILES string of the molecule is C/C(C#Cc1cccc(C(F)(F)F)c1)=C/CO. The van der Waals surface area contributed by atoms with E-state index in [1.54, 1.807) is 6.92 Å². The molecule has 0 spiro atoms. The van der Waals surface area contributed by atoms with Crippen molar-refractivity contribution < 1.29 is 18.3 Å². The largest absolute Gasteiger partial charge is 0.416 e. The van der Waals surface area contributed by atoms with Gasteiger partial charge in [-0.3, -0.25) is 0 Å². The smallest absolute Gasteiger partial charge is 0.392 e. The Morgan fingerprint density at radius 1 is 1.41 bits per heavy atom. The summed E-state index contributed by atoms with van der Waals surface area (Å²) in [6.07, 6.45) is -2.87. The van der Waals surface area contributed by atoms with Crippen LogP contribution in [-0.4, -0.2) is 11.7 Å². The minimum absolute atomic E-state index is 0.136. The number of halogens is 3. The number of allylic oxidation sites excluding steroid dienone is 1. The molecule has 0 heterocycles. The van der Waals surface area contributed by atoms with E-state index in [-0.39, 0.29) is 6.61 Å². The average molecular weight is 240 g/mol. The van der Waals surface area contributed by atoms with Gasteiger partial charge >= 0.3 is 6.18 Å². The first-order valence-corrected chi connectivity index (χ1v) is 4.90. The Bertz CT molecular complexity index is 475. The summed E-state index contributed by atoms with van der Waals surface area (Å²) in [5, 5.41) is 8.59. The fourth-order valence-corrected chi connectivity index (χ4v) is 1.13. The van der Waals surface area contributed by atoms with E-state index < -0.39 is 11.7 Å². The van der Waals surface area contributed by atoms with Crippen LogP contribution in [0.4, 0.5) is 13.2 Å². The first kappa shape index (κ1) is 13.3. The monoisotopic (exact) mass is 240 g/mol. The summed E-state index contributed by atoms with van der Waals surface area (Å²) in [6, 6.07) is 4.83. The number of aliphatic hydroxyl groups excluding tert-OH is 1. The molecular weight excluding hydrogens is 229 g/mol. The zero-order valence-corrected chi connectivity index (χ0v) is 9.17. The van der Waals surface area contributed by atoms with E-state index in [2.05, 4.69) is 11.8 Å². The quantitative estimate of drug-likeness (QED) is 0.748. The van der Waals surface area contributed by atoms with E-state index in [0.717, 1.165) is 12.1 Å². The number of alkyl halides is 3. The lowest BCUT2D eigenvalue weighted by molar-refractivity contribution is -0.137. The Labute approximate surface area is 97.6 Å². The Kier molecular flexibility index (Phi) is 4.36. The Morgan fingerprint density at radius 2 is 2.12 bits per heavy atom. The molecule has 0 atom stereocenters. The van der Waals surface area contributed by atoms with Crippen molar-refractivity contribution in [1.82, 2.24) is 0 Å². The minimum atomic E-state index is -4.35. The maximum atomic E-state index is 12.4. The number of rotatable bonds is 1. The van der Waals surface area contributed by atoms with E-state index in [1.165, 1.54) is 18.2 Å². The van der Waals surface area contributed by atoms with Crippen LogP contribution in [0.2, 0.25) is 0 Å². The highest BCUT2D eigenvalue weighted by atomic mass is 19.4. The molecule has 1 aromatic carbocycles. The molecule has 1 aromatic rings. The van der Waals surface area contributed by atoms with Crippen molar-refractivity contribution in [2.24, 2.45) is 0 Å². The van der Waals surface area contributed by atoms with Crippen molar-refractivity contribution in [1.29, 1.82) is 0 Å². The highest BCUT2D eigenvalue weighted by molar-refractivity contribution is 5.42. The summed E-state index contributed by atoms with van der Waals surface area (Å²) in [5.41, 5.74) is 0.198. The van der Waals surface area contributed by atoms with Gasteiger partial charge < -0.3 is 5.11 Å². The predicted molar refractivity (Wildman–Crippen MR) is 59.2 cm³/mol. The molecular formula is C13H11F3O. The lowest BCUT2D eigenvalue weighted by Gasteiger charge is -2.05. The molecule has 17 heavy (non-hydrogen) atoms. The molecule has 0 aliphatic heterocycles. The van der Waals surface area contributed by atoms with E-state index in [1.807, 2.05) is 0 Å². The first-order valence-electron chi connectivity index (χ1n) is 4.90. The van der Waals surface area contributed by atoms with Gasteiger partial charge in [-0.25, -0.2) is 0 Å². The van der Waals surface area contributed by atoms with Crippen LogP contribution in [0.3, 0.4) is 0 Å². The molecule has 4 heteroatoms. The predicted octanol–water partition coefficient (Wildman–Crippen LogP) is 3.00. The highest BCUT2D eigenvalue weighted by Crippen LogP contribution is 2.29. The zero-order chi connectivity index (χ0) is 12.9. The van der Waals surface area contributed by atoms with Crippen molar-refractivity contribution in [3.8, 4) is 11.8 Å².